The number of carboxylic acids is 1. The Kier molecular flexibility index (Phi) is 5.85. The maximum atomic E-state index is 11.6. The molecule has 1 atom stereocenters. The van der Waals surface area contributed by atoms with Crippen LogP contribution >= 0.6 is 11.8 Å². The molecule has 6 heteroatoms. The van der Waals surface area contributed by atoms with E-state index in [4.69, 9.17) is 0 Å². The quantitative estimate of drug-likeness (QED) is 0.841. The standard InChI is InChI=1S/C15H23N3O2S/c1-3-11-12(4-2)17-18-14(13(11)15(19)20)16-9-10-7-5-6-8-21-10/h10H,3-9H2,1-2H3,(H,16,18)(H,19,20). The number of thioether (sulfide) groups is 1. The first-order chi connectivity index (χ1) is 10.2. The Labute approximate surface area is 129 Å². The van der Waals surface area contributed by atoms with E-state index in [0.29, 0.717) is 29.5 Å². The molecule has 0 aromatic carbocycles. The highest BCUT2D eigenvalue weighted by Crippen LogP contribution is 2.26. The van der Waals surface area contributed by atoms with Crippen LogP contribution < -0.4 is 5.32 Å². The summed E-state index contributed by atoms with van der Waals surface area (Å²) in [6.45, 7) is 4.69. The highest BCUT2D eigenvalue weighted by Gasteiger charge is 2.21. The summed E-state index contributed by atoms with van der Waals surface area (Å²) in [7, 11) is 0. The maximum absolute atomic E-state index is 11.6. The molecule has 1 aromatic heterocycles. The Balaban J connectivity index is 2.19. The van der Waals surface area contributed by atoms with Gasteiger partial charge in [0.15, 0.2) is 5.82 Å². The number of carbonyl (C=O) groups is 1. The van der Waals surface area contributed by atoms with Crippen molar-refractivity contribution in [3.05, 3.63) is 16.8 Å². The second-order valence-electron chi connectivity index (χ2n) is 5.23. The SMILES string of the molecule is CCc1nnc(NCC2CCCCS2)c(C(=O)O)c1CC. The van der Waals surface area contributed by atoms with E-state index in [1.54, 1.807) is 0 Å². The van der Waals surface area contributed by atoms with Gasteiger partial charge in [-0.2, -0.15) is 16.9 Å². The van der Waals surface area contributed by atoms with Crippen LogP contribution in [0.3, 0.4) is 0 Å². The highest BCUT2D eigenvalue weighted by molar-refractivity contribution is 7.99. The fourth-order valence-electron chi connectivity index (χ4n) is 2.71. The van der Waals surface area contributed by atoms with E-state index in [2.05, 4.69) is 15.5 Å². The number of aromatic carboxylic acids is 1. The Morgan fingerprint density at radius 3 is 2.71 bits per heavy atom. The Morgan fingerprint density at radius 1 is 1.33 bits per heavy atom. The number of anilines is 1. The van der Waals surface area contributed by atoms with Crippen LogP contribution in [0.5, 0.6) is 0 Å². The summed E-state index contributed by atoms with van der Waals surface area (Å²) in [5, 5.41) is 21.6. The lowest BCUT2D eigenvalue weighted by atomic mass is 10.0. The van der Waals surface area contributed by atoms with E-state index in [0.717, 1.165) is 17.8 Å². The van der Waals surface area contributed by atoms with Gasteiger partial charge in [-0.1, -0.05) is 20.3 Å². The second kappa shape index (κ2) is 7.64. The summed E-state index contributed by atoms with van der Waals surface area (Å²) >= 11 is 1.96. The van der Waals surface area contributed by atoms with Crippen molar-refractivity contribution < 1.29 is 9.90 Å². The molecule has 2 N–H and O–H groups in total. The number of nitrogens with zero attached hydrogens (tertiary/aromatic N) is 2. The number of hydrogen-bond acceptors (Lipinski definition) is 5. The van der Waals surface area contributed by atoms with Crippen molar-refractivity contribution in [1.29, 1.82) is 0 Å². The van der Waals surface area contributed by atoms with Crippen LogP contribution in [0, 0.1) is 0 Å². The predicted molar refractivity (Wildman–Crippen MR) is 86.3 cm³/mol. The Morgan fingerprint density at radius 2 is 2.14 bits per heavy atom. The topological polar surface area (TPSA) is 75.1 Å². The van der Waals surface area contributed by atoms with Gasteiger partial charge in [0.05, 0.1) is 5.69 Å². The molecule has 0 aliphatic carbocycles. The molecule has 1 aliphatic rings. The normalized spacial score (nSPS) is 18.5. The molecule has 0 bridgehead atoms. The smallest absolute Gasteiger partial charge is 0.339 e. The average Bonchev–Trinajstić information content (AvgIpc) is 2.52. The zero-order chi connectivity index (χ0) is 15.2. The summed E-state index contributed by atoms with van der Waals surface area (Å²) in [5.41, 5.74) is 1.89. The van der Waals surface area contributed by atoms with Crippen LogP contribution in [0.2, 0.25) is 0 Å². The van der Waals surface area contributed by atoms with Gasteiger partial charge in [-0.3, -0.25) is 0 Å². The Hall–Kier alpha value is -1.30. The molecule has 1 aromatic rings. The van der Waals surface area contributed by atoms with Crippen molar-refractivity contribution in [3.8, 4) is 0 Å². The van der Waals surface area contributed by atoms with Crippen molar-refractivity contribution in [1.82, 2.24) is 10.2 Å². The average molecular weight is 309 g/mol. The minimum atomic E-state index is -0.921. The van der Waals surface area contributed by atoms with Crippen LogP contribution in [-0.4, -0.2) is 38.8 Å². The zero-order valence-electron chi connectivity index (χ0n) is 12.7. The summed E-state index contributed by atoms with van der Waals surface area (Å²) in [6, 6.07) is 0. The van der Waals surface area contributed by atoms with Gasteiger partial charge < -0.3 is 10.4 Å². The molecular formula is C15H23N3O2S. The molecule has 2 heterocycles. The lowest BCUT2D eigenvalue weighted by Crippen LogP contribution is -2.23. The molecule has 1 saturated heterocycles. The number of rotatable bonds is 6. The van der Waals surface area contributed by atoms with E-state index in [-0.39, 0.29) is 0 Å². The van der Waals surface area contributed by atoms with E-state index in [1.165, 1.54) is 25.0 Å². The van der Waals surface area contributed by atoms with Crippen LogP contribution in [0.25, 0.3) is 0 Å². The van der Waals surface area contributed by atoms with Crippen molar-refractivity contribution >= 4 is 23.5 Å². The van der Waals surface area contributed by atoms with Crippen LogP contribution in [0.1, 0.15) is 54.7 Å². The number of aromatic nitrogens is 2. The van der Waals surface area contributed by atoms with Crippen molar-refractivity contribution in [3.63, 3.8) is 0 Å². The minimum Gasteiger partial charge on any atom is -0.478 e. The zero-order valence-corrected chi connectivity index (χ0v) is 13.5. The van der Waals surface area contributed by atoms with Gasteiger partial charge in [0.1, 0.15) is 5.56 Å². The third-order valence-corrected chi connectivity index (χ3v) is 5.23. The van der Waals surface area contributed by atoms with Crippen molar-refractivity contribution in [2.75, 3.05) is 17.6 Å². The monoisotopic (exact) mass is 309 g/mol. The Bertz CT molecular complexity index is 502. The van der Waals surface area contributed by atoms with E-state index < -0.39 is 5.97 Å². The molecular weight excluding hydrogens is 286 g/mol. The van der Waals surface area contributed by atoms with Gasteiger partial charge >= 0.3 is 5.97 Å². The van der Waals surface area contributed by atoms with Crippen LogP contribution in [0.15, 0.2) is 0 Å². The summed E-state index contributed by atoms with van der Waals surface area (Å²) < 4.78 is 0. The van der Waals surface area contributed by atoms with E-state index in [1.807, 2.05) is 25.6 Å². The molecule has 2 rings (SSSR count). The third-order valence-electron chi connectivity index (χ3n) is 3.83. The lowest BCUT2D eigenvalue weighted by Gasteiger charge is -2.22. The first-order valence-electron chi connectivity index (χ1n) is 7.64. The fourth-order valence-corrected chi connectivity index (χ4v) is 3.94. The molecule has 21 heavy (non-hydrogen) atoms. The maximum Gasteiger partial charge on any atom is 0.339 e. The molecule has 5 nitrogen and oxygen atoms in total. The van der Waals surface area contributed by atoms with Crippen LogP contribution in [-0.2, 0) is 12.8 Å². The van der Waals surface area contributed by atoms with Crippen LogP contribution in [0.4, 0.5) is 5.82 Å². The number of hydrogen-bond donors (Lipinski definition) is 2. The van der Waals surface area contributed by atoms with Gasteiger partial charge in [0.2, 0.25) is 0 Å². The lowest BCUT2D eigenvalue weighted by molar-refractivity contribution is 0.0696. The first-order valence-corrected chi connectivity index (χ1v) is 8.69. The minimum absolute atomic E-state index is 0.296. The number of carboxylic acid groups (broad SMARTS) is 1. The molecule has 0 amide bonds. The summed E-state index contributed by atoms with van der Waals surface area (Å²) in [5.74, 6) is 0.691. The second-order valence-corrected chi connectivity index (χ2v) is 6.64. The molecule has 1 aliphatic heterocycles. The molecule has 116 valence electrons. The summed E-state index contributed by atoms with van der Waals surface area (Å²) in [6.07, 6.45) is 5.09. The first kappa shape index (κ1) is 16.1. The van der Waals surface area contributed by atoms with Gasteiger partial charge in [-0.05, 0) is 37.0 Å². The molecule has 1 unspecified atom stereocenters. The summed E-state index contributed by atoms with van der Waals surface area (Å²) in [4.78, 5) is 11.6. The van der Waals surface area contributed by atoms with E-state index in [9.17, 15) is 9.90 Å². The molecule has 0 radical (unpaired) electrons. The fraction of sp³-hybridized carbons (Fsp3) is 0.667. The highest BCUT2D eigenvalue weighted by atomic mass is 32.2. The molecule has 1 fully saturated rings. The van der Waals surface area contributed by atoms with Crippen molar-refractivity contribution in [2.45, 2.75) is 51.2 Å². The predicted octanol–water partition coefficient (Wildman–Crippen LogP) is 3.00. The van der Waals surface area contributed by atoms with Gasteiger partial charge in [-0.15, -0.1) is 5.10 Å². The van der Waals surface area contributed by atoms with Gasteiger partial charge in [0, 0.05) is 11.8 Å². The molecule has 0 saturated carbocycles. The van der Waals surface area contributed by atoms with Gasteiger partial charge in [-0.25, -0.2) is 4.79 Å². The number of aryl methyl sites for hydroxylation is 1. The number of nitrogens with one attached hydrogen (secondary N) is 1. The van der Waals surface area contributed by atoms with Crippen molar-refractivity contribution in [2.24, 2.45) is 0 Å². The largest absolute Gasteiger partial charge is 0.478 e. The van der Waals surface area contributed by atoms with E-state index >= 15 is 0 Å². The van der Waals surface area contributed by atoms with Gasteiger partial charge in [0.25, 0.3) is 0 Å². The third kappa shape index (κ3) is 3.87. The molecule has 0 spiro atoms.